The third-order valence-electron chi connectivity index (χ3n) is 2.11. The standard InChI is InChI=1S/C11H9BrN2O4/c12-7-1-2-8(6(3-7)5-13)14-9(11(17)18)4-10(15)16/h1-3,9,14H,4H2,(H,15,16)(H,17,18). The molecule has 0 aliphatic rings. The van der Waals surface area contributed by atoms with Crippen molar-refractivity contribution in [2.45, 2.75) is 12.5 Å². The lowest BCUT2D eigenvalue weighted by atomic mass is 10.1. The van der Waals surface area contributed by atoms with Gasteiger partial charge in [-0.1, -0.05) is 15.9 Å². The van der Waals surface area contributed by atoms with E-state index in [2.05, 4.69) is 21.2 Å². The van der Waals surface area contributed by atoms with Gasteiger partial charge in [-0.15, -0.1) is 0 Å². The Balaban J connectivity index is 2.97. The lowest BCUT2D eigenvalue weighted by Gasteiger charge is -2.14. The number of aliphatic carboxylic acids is 2. The Hall–Kier alpha value is -2.07. The average Bonchev–Trinajstić information content (AvgIpc) is 2.29. The number of anilines is 1. The number of hydrogen-bond acceptors (Lipinski definition) is 4. The van der Waals surface area contributed by atoms with Gasteiger partial charge >= 0.3 is 11.9 Å². The van der Waals surface area contributed by atoms with Gasteiger partial charge in [0, 0.05) is 4.47 Å². The van der Waals surface area contributed by atoms with Crippen LogP contribution in [-0.4, -0.2) is 28.2 Å². The largest absolute Gasteiger partial charge is 0.481 e. The molecule has 0 aliphatic heterocycles. The molecule has 0 aromatic heterocycles. The number of carboxylic acid groups (broad SMARTS) is 2. The predicted molar refractivity (Wildman–Crippen MR) is 66.2 cm³/mol. The minimum Gasteiger partial charge on any atom is -0.481 e. The van der Waals surface area contributed by atoms with Crippen molar-refractivity contribution in [3.63, 3.8) is 0 Å². The van der Waals surface area contributed by atoms with E-state index >= 15 is 0 Å². The second-order valence-corrected chi connectivity index (χ2v) is 4.35. The van der Waals surface area contributed by atoms with Crippen molar-refractivity contribution in [1.82, 2.24) is 0 Å². The van der Waals surface area contributed by atoms with Gasteiger partial charge in [-0.3, -0.25) is 4.79 Å². The van der Waals surface area contributed by atoms with Crippen LogP contribution in [0.1, 0.15) is 12.0 Å². The topological polar surface area (TPSA) is 110 Å². The van der Waals surface area contributed by atoms with Crippen LogP contribution in [0.25, 0.3) is 0 Å². The van der Waals surface area contributed by atoms with Gasteiger partial charge in [-0.2, -0.15) is 5.26 Å². The van der Waals surface area contributed by atoms with Crippen LogP contribution in [-0.2, 0) is 9.59 Å². The Morgan fingerprint density at radius 2 is 2.11 bits per heavy atom. The number of carbonyl (C=O) groups is 2. The number of rotatable bonds is 5. The summed E-state index contributed by atoms with van der Waals surface area (Å²) >= 11 is 3.18. The van der Waals surface area contributed by atoms with Crippen LogP contribution in [0, 0.1) is 11.3 Å². The highest BCUT2D eigenvalue weighted by atomic mass is 79.9. The van der Waals surface area contributed by atoms with Crippen molar-refractivity contribution in [3.05, 3.63) is 28.2 Å². The molecule has 94 valence electrons. The molecule has 0 saturated heterocycles. The highest BCUT2D eigenvalue weighted by Gasteiger charge is 2.21. The van der Waals surface area contributed by atoms with Gasteiger partial charge in [0.2, 0.25) is 0 Å². The molecule has 18 heavy (non-hydrogen) atoms. The van der Waals surface area contributed by atoms with Crippen LogP contribution >= 0.6 is 15.9 Å². The van der Waals surface area contributed by atoms with Gasteiger partial charge in [0.05, 0.1) is 17.7 Å². The highest BCUT2D eigenvalue weighted by Crippen LogP contribution is 2.21. The zero-order valence-electron chi connectivity index (χ0n) is 9.05. The summed E-state index contributed by atoms with van der Waals surface area (Å²) in [5.74, 6) is -2.52. The van der Waals surface area contributed by atoms with Crippen LogP contribution in [0.5, 0.6) is 0 Å². The molecule has 6 nitrogen and oxygen atoms in total. The SMILES string of the molecule is N#Cc1cc(Br)ccc1NC(CC(=O)O)C(=O)O. The number of nitrogens with zero attached hydrogens (tertiary/aromatic N) is 1. The summed E-state index contributed by atoms with van der Waals surface area (Å²) in [6, 6.07) is 5.28. The van der Waals surface area contributed by atoms with Crippen molar-refractivity contribution in [3.8, 4) is 6.07 Å². The summed E-state index contributed by atoms with van der Waals surface area (Å²) in [5.41, 5.74) is 0.523. The van der Waals surface area contributed by atoms with Gasteiger partial charge in [-0.25, -0.2) is 4.79 Å². The van der Waals surface area contributed by atoms with E-state index in [0.717, 1.165) is 0 Å². The van der Waals surface area contributed by atoms with E-state index in [1.807, 2.05) is 6.07 Å². The van der Waals surface area contributed by atoms with E-state index in [0.29, 0.717) is 4.47 Å². The molecule has 1 rings (SSSR count). The summed E-state index contributed by atoms with van der Waals surface area (Å²) in [4.78, 5) is 21.4. The molecule has 1 aromatic carbocycles. The molecule has 0 spiro atoms. The van der Waals surface area contributed by atoms with Crippen LogP contribution in [0.4, 0.5) is 5.69 Å². The number of carboxylic acids is 2. The molecular weight excluding hydrogens is 304 g/mol. The molecule has 7 heteroatoms. The van der Waals surface area contributed by atoms with Crippen LogP contribution < -0.4 is 5.32 Å². The molecule has 1 aromatic rings. The fraction of sp³-hybridized carbons (Fsp3) is 0.182. The van der Waals surface area contributed by atoms with E-state index < -0.39 is 24.4 Å². The lowest BCUT2D eigenvalue weighted by molar-refractivity contribution is -0.144. The Morgan fingerprint density at radius 1 is 1.44 bits per heavy atom. The van der Waals surface area contributed by atoms with E-state index in [1.54, 1.807) is 6.07 Å². The molecule has 0 radical (unpaired) electrons. The summed E-state index contributed by atoms with van der Waals surface area (Å²) in [5, 5.41) is 28.9. The monoisotopic (exact) mass is 312 g/mol. The predicted octanol–water partition coefficient (Wildman–Crippen LogP) is 1.66. The summed E-state index contributed by atoms with van der Waals surface area (Å²) in [6.07, 6.45) is -0.573. The number of nitrogens with one attached hydrogen (secondary N) is 1. The molecule has 3 N–H and O–H groups in total. The van der Waals surface area contributed by atoms with E-state index in [4.69, 9.17) is 15.5 Å². The van der Waals surface area contributed by atoms with Crippen molar-refractivity contribution in [1.29, 1.82) is 5.26 Å². The summed E-state index contributed by atoms with van der Waals surface area (Å²) in [6.45, 7) is 0. The van der Waals surface area contributed by atoms with Crippen molar-refractivity contribution >= 4 is 33.6 Å². The number of halogens is 1. The Kier molecular flexibility index (Phi) is 4.68. The zero-order valence-corrected chi connectivity index (χ0v) is 10.6. The van der Waals surface area contributed by atoms with Gasteiger partial charge in [0.15, 0.2) is 0 Å². The van der Waals surface area contributed by atoms with Crippen LogP contribution in [0.3, 0.4) is 0 Å². The van der Waals surface area contributed by atoms with E-state index in [1.165, 1.54) is 12.1 Å². The fourth-order valence-electron chi connectivity index (χ4n) is 1.30. The van der Waals surface area contributed by atoms with Gasteiger partial charge in [-0.05, 0) is 18.2 Å². The number of benzene rings is 1. The Bertz CT molecular complexity index is 524. The molecule has 0 saturated carbocycles. The third-order valence-corrected chi connectivity index (χ3v) is 2.60. The maximum Gasteiger partial charge on any atom is 0.326 e. The van der Waals surface area contributed by atoms with Gasteiger partial charge < -0.3 is 15.5 Å². The molecule has 0 amide bonds. The quantitative estimate of drug-likeness (QED) is 0.762. The maximum atomic E-state index is 10.9. The van der Waals surface area contributed by atoms with Gasteiger partial charge in [0.1, 0.15) is 12.1 Å². The minimum atomic E-state index is -1.29. The normalized spacial score (nSPS) is 11.3. The second-order valence-electron chi connectivity index (χ2n) is 3.43. The first-order valence-corrected chi connectivity index (χ1v) is 5.64. The smallest absolute Gasteiger partial charge is 0.326 e. The maximum absolute atomic E-state index is 10.9. The molecule has 0 fully saturated rings. The molecule has 1 atom stereocenters. The van der Waals surface area contributed by atoms with E-state index in [-0.39, 0.29) is 11.3 Å². The fourth-order valence-corrected chi connectivity index (χ4v) is 1.66. The molecule has 0 heterocycles. The first-order valence-electron chi connectivity index (χ1n) is 4.85. The lowest BCUT2D eigenvalue weighted by Crippen LogP contribution is -2.32. The third kappa shape index (κ3) is 3.75. The number of nitriles is 1. The Labute approximate surface area is 111 Å². The summed E-state index contributed by atoms with van der Waals surface area (Å²) in [7, 11) is 0. The van der Waals surface area contributed by atoms with Crippen molar-refractivity contribution in [2.24, 2.45) is 0 Å². The van der Waals surface area contributed by atoms with Crippen LogP contribution in [0.2, 0.25) is 0 Å². The van der Waals surface area contributed by atoms with E-state index in [9.17, 15) is 9.59 Å². The van der Waals surface area contributed by atoms with Crippen molar-refractivity contribution < 1.29 is 19.8 Å². The number of hydrogen-bond donors (Lipinski definition) is 3. The van der Waals surface area contributed by atoms with Gasteiger partial charge in [0.25, 0.3) is 0 Å². The molecule has 0 bridgehead atoms. The molecule has 0 aliphatic carbocycles. The highest BCUT2D eigenvalue weighted by molar-refractivity contribution is 9.10. The first kappa shape index (κ1) is 14.0. The first-order chi connectivity index (χ1) is 8.43. The average molecular weight is 313 g/mol. The van der Waals surface area contributed by atoms with Crippen molar-refractivity contribution in [2.75, 3.05) is 5.32 Å². The summed E-state index contributed by atoms with van der Waals surface area (Å²) < 4.78 is 0.676. The molecular formula is C11H9BrN2O4. The Morgan fingerprint density at radius 3 is 2.61 bits per heavy atom. The zero-order chi connectivity index (χ0) is 13.7. The molecule has 1 unspecified atom stereocenters. The second kappa shape index (κ2) is 6.02. The van der Waals surface area contributed by atoms with Crippen LogP contribution in [0.15, 0.2) is 22.7 Å². The minimum absolute atomic E-state index is 0.237.